The summed E-state index contributed by atoms with van der Waals surface area (Å²) in [6, 6.07) is 0. The van der Waals surface area contributed by atoms with Gasteiger partial charge in [0.1, 0.15) is 0 Å². The second-order valence-electron chi connectivity index (χ2n) is 3.21. The van der Waals surface area contributed by atoms with Crippen molar-refractivity contribution in [2.24, 2.45) is 0 Å². The van der Waals surface area contributed by atoms with Crippen LogP contribution in [0.2, 0.25) is 0 Å². The first-order valence-corrected chi connectivity index (χ1v) is 3.72. The van der Waals surface area contributed by atoms with Gasteiger partial charge >= 0.3 is 6.09 Å². The zero-order chi connectivity index (χ0) is 9.94. The molecular formula is C6H12N2O3S. The van der Waals surface area contributed by atoms with E-state index in [1.54, 1.807) is 20.8 Å². The van der Waals surface area contributed by atoms with Crippen LogP contribution in [-0.4, -0.2) is 27.0 Å². The fraction of sp³-hybridized carbons (Fsp3) is 0.667. The first-order valence-electron chi connectivity index (χ1n) is 3.28. The second-order valence-corrected chi connectivity index (χ2v) is 3.59. The summed E-state index contributed by atoms with van der Waals surface area (Å²) in [6.07, 6.45) is -1.28. The van der Waals surface area contributed by atoms with Crippen molar-refractivity contribution >= 4 is 24.0 Å². The number of amides is 2. The van der Waals surface area contributed by atoms with Crippen molar-refractivity contribution in [2.75, 3.05) is 0 Å². The van der Waals surface area contributed by atoms with Gasteiger partial charge in [-0.05, 0) is 20.8 Å². The van der Waals surface area contributed by atoms with Crippen LogP contribution < -0.4 is 5.43 Å². The molecule has 5 nitrogen and oxygen atoms in total. The lowest BCUT2D eigenvalue weighted by Gasteiger charge is -2.32. The Morgan fingerprint density at radius 2 is 1.83 bits per heavy atom. The number of thiol groups is 1. The third-order valence-electron chi connectivity index (χ3n) is 1.07. The maximum atomic E-state index is 10.8. The van der Waals surface area contributed by atoms with Gasteiger partial charge in [0.25, 0.3) is 5.24 Å². The molecular weight excluding hydrogens is 180 g/mol. The Labute approximate surface area is 76.1 Å². The van der Waals surface area contributed by atoms with E-state index in [2.05, 4.69) is 12.6 Å². The van der Waals surface area contributed by atoms with Gasteiger partial charge in [-0.1, -0.05) is 12.6 Å². The van der Waals surface area contributed by atoms with Gasteiger partial charge in [-0.25, -0.2) is 15.2 Å². The zero-order valence-corrected chi connectivity index (χ0v) is 8.05. The van der Waals surface area contributed by atoms with E-state index >= 15 is 0 Å². The Bertz CT molecular complexity index is 199. The fourth-order valence-corrected chi connectivity index (χ4v) is 0.948. The Balaban J connectivity index is 4.46. The lowest BCUT2D eigenvalue weighted by atomic mass is 10.1. The first kappa shape index (κ1) is 11.1. The SMILES string of the molecule is CC(C)(C)N(NC(=O)O)C(=O)S. The monoisotopic (exact) mass is 192 g/mol. The average Bonchev–Trinajstić information content (AvgIpc) is 1.79. The molecule has 0 aliphatic carbocycles. The molecule has 0 aliphatic rings. The highest BCUT2D eigenvalue weighted by Gasteiger charge is 2.25. The molecule has 0 unspecified atom stereocenters. The van der Waals surface area contributed by atoms with Crippen molar-refractivity contribution in [3.63, 3.8) is 0 Å². The first-order chi connectivity index (χ1) is 5.25. The molecule has 0 spiro atoms. The van der Waals surface area contributed by atoms with Crippen molar-refractivity contribution in [3.05, 3.63) is 0 Å². The molecule has 0 aromatic carbocycles. The Hall–Kier alpha value is -0.910. The molecule has 70 valence electrons. The van der Waals surface area contributed by atoms with Crippen molar-refractivity contribution in [3.8, 4) is 0 Å². The molecule has 0 atom stereocenters. The quantitative estimate of drug-likeness (QED) is 0.400. The largest absolute Gasteiger partial charge is 0.464 e. The number of rotatable bonds is 0. The molecule has 6 heteroatoms. The van der Waals surface area contributed by atoms with Crippen LogP contribution in [0.25, 0.3) is 0 Å². The smallest absolute Gasteiger partial charge is 0.423 e. The molecule has 0 aromatic rings. The number of nitrogens with one attached hydrogen (secondary N) is 1. The summed E-state index contributed by atoms with van der Waals surface area (Å²) in [6.45, 7) is 5.07. The molecule has 0 heterocycles. The molecule has 0 saturated heterocycles. The van der Waals surface area contributed by atoms with E-state index in [9.17, 15) is 9.59 Å². The molecule has 0 aliphatic heterocycles. The average molecular weight is 192 g/mol. The Morgan fingerprint density at radius 3 is 1.92 bits per heavy atom. The van der Waals surface area contributed by atoms with Gasteiger partial charge in [0.2, 0.25) is 0 Å². The van der Waals surface area contributed by atoms with E-state index in [0.29, 0.717) is 0 Å². The van der Waals surface area contributed by atoms with Gasteiger partial charge in [0.15, 0.2) is 0 Å². The van der Waals surface area contributed by atoms with Gasteiger partial charge in [-0.2, -0.15) is 0 Å². The third-order valence-corrected chi connectivity index (χ3v) is 1.27. The van der Waals surface area contributed by atoms with Crippen molar-refractivity contribution < 1.29 is 14.7 Å². The lowest BCUT2D eigenvalue weighted by Crippen LogP contribution is -2.53. The minimum absolute atomic E-state index is 0.614. The molecule has 0 radical (unpaired) electrons. The van der Waals surface area contributed by atoms with Crippen LogP contribution in [0, 0.1) is 0 Å². The highest BCUT2D eigenvalue weighted by atomic mass is 32.1. The standard InChI is InChI=1S/C6H12N2O3S/c1-6(2,3)8(5(11)12)7-4(9)10/h7H,1-3H3,(H,9,10)(H,11,12). The summed E-state index contributed by atoms with van der Waals surface area (Å²) >= 11 is 3.52. The van der Waals surface area contributed by atoms with E-state index in [1.807, 2.05) is 5.43 Å². The minimum Gasteiger partial charge on any atom is -0.464 e. The van der Waals surface area contributed by atoms with Crippen LogP contribution in [0.4, 0.5) is 9.59 Å². The highest BCUT2D eigenvalue weighted by molar-refractivity contribution is 7.96. The number of carbonyl (C=O) groups excluding carboxylic acids is 1. The molecule has 0 saturated carbocycles. The topological polar surface area (TPSA) is 69.6 Å². The number of nitrogens with zero attached hydrogens (tertiary/aromatic N) is 1. The summed E-state index contributed by atoms with van der Waals surface area (Å²) < 4.78 is 0. The van der Waals surface area contributed by atoms with Gasteiger partial charge in [0, 0.05) is 0 Å². The summed E-state index contributed by atoms with van der Waals surface area (Å²) in [5, 5.41) is 8.65. The van der Waals surface area contributed by atoms with Crippen molar-refractivity contribution in [1.29, 1.82) is 0 Å². The third kappa shape index (κ3) is 3.47. The number of hydrogen-bond acceptors (Lipinski definition) is 2. The molecule has 2 N–H and O–H groups in total. The van der Waals surface area contributed by atoms with E-state index in [-0.39, 0.29) is 0 Å². The van der Waals surface area contributed by atoms with Crippen LogP contribution in [0.3, 0.4) is 0 Å². The molecule has 0 rings (SSSR count). The summed E-state index contributed by atoms with van der Waals surface area (Å²) in [7, 11) is 0. The molecule has 12 heavy (non-hydrogen) atoms. The van der Waals surface area contributed by atoms with Gasteiger partial charge < -0.3 is 5.11 Å². The van der Waals surface area contributed by atoms with Crippen LogP contribution in [-0.2, 0) is 0 Å². The second kappa shape index (κ2) is 3.66. The number of carboxylic acid groups (broad SMARTS) is 1. The highest BCUT2D eigenvalue weighted by Crippen LogP contribution is 2.12. The van der Waals surface area contributed by atoms with Crippen LogP contribution in [0.5, 0.6) is 0 Å². The van der Waals surface area contributed by atoms with Crippen LogP contribution in [0.1, 0.15) is 20.8 Å². The van der Waals surface area contributed by atoms with Gasteiger partial charge in [-0.15, -0.1) is 0 Å². The number of carbonyl (C=O) groups is 2. The van der Waals surface area contributed by atoms with Gasteiger partial charge in [0.05, 0.1) is 5.54 Å². The zero-order valence-electron chi connectivity index (χ0n) is 7.16. The summed E-state index contributed by atoms with van der Waals surface area (Å²) in [4.78, 5) is 21.0. The maximum Gasteiger partial charge on any atom is 0.423 e. The molecule has 0 fully saturated rings. The molecule has 0 aromatic heterocycles. The molecule has 2 amide bonds. The van der Waals surface area contributed by atoms with Crippen LogP contribution in [0.15, 0.2) is 0 Å². The summed E-state index contributed by atoms with van der Waals surface area (Å²) in [5.41, 5.74) is 1.33. The van der Waals surface area contributed by atoms with Gasteiger partial charge in [-0.3, -0.25) is 4.79 Å². The van der Waals surface area contributed by atoms with E-state index in [0.717, 1.165) is 5.01 Å². The normalized spacial score (nSPS) is 10.7. The Morgan fingerprint density at radius 1 is 1.42 bits per heavy atom. The lowest BCUT2D eigenvalue weighted by molar-refractivity contribution is 0.107. The summed E-state index contributed by atoms with van der Waals surface area (Å²) in [5.74, 6) is 0. The predicted molar refractivity (Wildman–Crippen MR) is 47.1 cm³/mol. The van der Waals surface area contributed by atoms with E-state index in [4.69, 9.17) is 5.11 Å². The van der Waals surface area contributed by atoms with Crippen molar-refractivity contribution in [1.82, 2.24) is 10.4 Å². The fourth-order valence-electron chi connectivity index (χ4n) is 0.598. The maximum absolute atomic E-state index is 10.8. The number of hydrogen-bond donors (Lipinski definition) is 3. The number of hydrazine groups is 1. The predicted octanol–water partition coefficient (Wildman–Crippen LogP) is 1.32. The minimum atomic E-state index is -1.28. The van der Waals surface area contributed by atoms with Crippen LogP contribution >= 0.6 is 12.6 Å². The van der Waals surface area contributed by atoms with Crippen molar-refractivity contribution in [2.45, 2.75) is 26.3 Å². The Kier molecular flexibility index (Phi) is 3.38. The van der Waals surface area contributed by atoms with E-state index < -0.39 is 16.9 Å². The van der Waals surface area contributed by atoms with E-state index in [1.165, 1.54) is 0 Å². The molecule has 0 bridgehead atoms.